The van der Waals surface area contributed by atoms with Crippen LogP contribution in [0.4, 0.5) is 0 Å². The molecule has 28 heavy (non-hydrogen) atoms. The Morgan fingerprint density at radius 3 is 2.29 bits per heavy atom. The van der Waals surface area contributed by atoms with Crippen molar-refractivity contribution in [3.8, 4) is 0 Å². The second-order valence-corrected chi connectivity index (χ2v) is 11.5. The molecule has 2 fully saturated rings. The highest BCUT2D eigenvalue weighted by molar-refractivity contribution is 7.86. The van der Waals surface area contributed by atoms with Crippen molar-refractivity contribution in [3.63, 3.8) is 0 Å². The van der Waals surface area contributed by atoms with Crippen LogP contribution in [0.15, 0.2) is 29.2 Å². The number of rotatable bonds is 5. The third-order valence-corrected chi connectivity index (χ3v) is 8.11. The van der Waals surface area contributed by atoms with E-state index in [1.807, 2.05) is 13.8 Å². The van der Waals surface area contributed by atoms with Crippen LogP contribution in [-0.2, 0) is 28.6 Å². The molecule has 1 N–H and O–H groups in total. The molecular weight excluding hydrogens is 404 g/mol. The third kappa shape index (κ3) is 4.59. The lowest BCUT2D eigenvalue weighted by Gasteiger charge is -2.52. The molecule has 7 nitrogen and oxygen atoms in total. The molecule has 1 aromatic carbocycles. The highest BCUT2D eigenvalue weighted by atomic mass is 32.2. The number of hydrogen-bond acceptors (Lipinski definition) is 7. The van der Waals surface area contributed by atoms with Gasteiger partial charge in [-0.15, -0.1) is 0 Å². The minimum absolute atomic E-state index is 0.110. The molecule has 5 atom stereocenters. The van der Waals surface area contributed by atoms with Crippen LogP contribution in [0.5, 0.6) is 0 Å². The average Bonchev–Trinajstić information content (AvgIpc) is 2.58. The summed E-state index contributed by atoms with van der Waals surface area (Å²) in [6, 6.07) is 6.50. The van der Waals surface area contributed by atoms with Crippen molar-refractivity contribution in [1.82, 2.24) is 0 Å². The molecule has 0 bridgehead atoms. The number of fused-ring (bicyclic) bond motifs is 1. The van der Waals surface area contributed by atoms with E-state index in [2.05, 4.69) is 0 Å². The van der Waals surface area contributed by atoms with E-state index < -0.39 is 44.0 Å². The smallest absolute Gasteiger partial charge is 0.297 e. The van der Waals surface area contributed by atoms with Gasteiger partial charge in [0.05, 0.1) is 29.5 Å². The van der Waals surface area contributed by atoms with Gasteiger partial charge in [0.2, 0.25) is 0 Å². The first-order valence-corrected chi connectivity index (χ1v) is 12.7. The van der Waals surface area contributed by atoms with Crippen LogP contribution in [0.25, 0.3) is 0 Å². The fourth-order valence-corrected chi connectivity index (χ4v) is 6.45. The summed E-state index contributed by atoms with van der Waals surface area (Å²) < 4.78 is 59.3. The van der Waals surface area contributed by atoms with Crippen molar-refractivity contribution < 1.29 is 30.3 Å². The van der Waals surface area contributed by atoms with Crippen LogP contribution < -0.4 is 0 Å². The van der Waals surface area contributed by atoms with Crippen LogP contribution in [0.1, 0.15) is 44.6 Å². The van der Waals surface area contributed by atoms with E-state index in [0.29, 0.717) is 32.1 Å². The zero-order chi connectivity index (χ0) is 20.7. The zero-order valence-electron chi connectivity index (χ0n) is 16.4. The van der Waals surface area contributed by atoms with Crippen LogP contribution >= 0.6 is 0 Å². The third-order valence-electron chi connectivity index (χ3n) is 6.16. The second kappa shape index (κ2) is 7.68. The highest BCUT2D eigenvalue weighted by Gasteiger charge is 2.53. The van der Waals surface area contributed by atoms with Crippen LogP contribution in [0.2, 0.25) is 0 Å². The fraction of sp³-hybridized carbons (Fsp3) is 0.684. The Hall–Kier alpha value is -1.00. The van der Waals surface area contributed by atoms with E-state index in [9.17, 15) is 21.9 Å². The summed E-state index contributed by atoms with van der Waals surface area (Å²) in [5, 5.41) is 10.5. The number of aliphatic hydroxyl groups is 1. The van der Waals surface area contributed by atoms with Crippen molar-refractivity contribution in [3.05, 3.63) is 29.8 Å². The van der Waals surface area contributed by atoms with Gasteiger partial charge in [0, 0.05) is 5.41 Å². The summed E-state index contributed by atoms with van der Waals surface area (Å²) >= 11 is 0. The van der Waals surface area contributed by atoms with Gasteiger partial charge in [0.25, 0.3) is 20.2 Å². The van der Waals surface area contributed by atoms with Crippen molar-refractivity contribution in [1.29, 1.82) is 0 Å². The van der Waals surface area contributed by atoms with Gasteiger partial charge in [-0.25, -0.2) is 0 Å². The van der Waals surface area contributed by atoms with E-state index in [4.69, 9.17) is 8.37 Å². The number of hydrogen-bond donors (Lipinski definition) is 1. The lowest BCUT2D eigenvalue weighted by molar-refractivity contribution is -0.125. The number of aliphatic hydroxyl groups excluding tert-OH is 1. The van der Waals surface area contributed by atoms with Gasteiger partial charge < -0.3 is 5.11 Å². The maximum absolute atomic E-state index is 12.8. The summed E-state index contributed by atoms with van der Waals surface area (Å²) in [4.78, 5) is 0.110. The van der Waals surface area contributed by atoms with Crippen molar-refractivity contribution in [2.45, 2.75) is 69.2 Å². The second-order valence-electron chi connectivity index (χ2n) is 8.31. The molecule has 2 aliphatic rings. The van der Waals surface area contributed by atoms with Gasteiger partial charge in [0.1, 0.15) is 0 Å². The zero-order valence-corrected chi connectivity index (χ0v) is 18.0. The molecule has 0 radical (unpaired) electrons. The van der Waals surface area contributed by atoms with E-state index in [1.54, 1.807) is 12.1 Å². The Balaban J connectivity index is 1.81. The molecular formula is C19H28O7S2. The van der Waals surface area contributed by atoms with Gasteiger partial charge in [-0.2, -0.15) is 16.8 Å². The average molecular weight is 433 g/mol. The fourth-order valence-electron chi connectivity index (χ4n) is 4.58. The molecule has 1 aromatic rings. The molecule has 2 unspecified atom stereocenters. The highest BCUT2D eigenvalue weighted by Crippen LogP contribution is 2.52. The molecule has 0 spiro atoms. The first kappa shape index (κ1) is 21.7. The van der Waals surface area contributed by atoms with Gasteiger partial charge in [-0.05, 0) is 57.1 Å². The summed E-state index contributed by atoms with van der Waals surface area (Å²) in [7, 11) is -7.52. The number of aryl methyl sites for hydroxylation is 1. The van der Waals surface area contributed by atoms with Crippen molar-refractivity contribution in [2.24, 2.45) is 11.3 Å². The largest absolute Gasteiger partial charge is 0.393 e. The molecule has 0 amide bonds. The SMILES string of the molecule is Cc1ccc(S(=O)(=O)O[C@H]2CCC(O)[C@H]3CC(OS(C)(=O)=O)CC[C@]23C)cc1. The van der Waals surface area contributed by atoms with E-state index in [1.165, 1.54) is 12.1 Å². The Kier molecular flexibility index (Phi) is 5.95. The summed E-state index contributed by atoms with van der Waals surface area (Å²) in [6.45, 7) is 3.80. The van der Waals surface area contributed by atoms with Gasteiger partial charge in [0.15, 0.2) is 0 Å². The predicted octanol–water partition coefficient (Wildman–Crippen LogP) is 2.37. The lowest BCUT2D eigenvalue weighted by Crippen LogP contribution is -2.54. The topological polar surface area (TPSA) is 107 Å². The molecule has 2 aliphatic carbocycles. The maximum Gasteiger partial charge on any atom is 0.297 e. The molecule has 0 aromatic heterocycles. The van der Waals surface area contributed by atoms with E-state index in [0.717, 1.165) is 11.8 Å². The van der Waals surface area contributed by atoms with Crippen LogP contribution in [0.3, 0.4) is 0 Å². The molecule has 158 valence electrons. The molecule has 2 saturated carbocycles. The minimum atomic E-state index is -3.93. The minimum Gasteiger partial charge on any atom is -0.393 e. The Bertz CT molecular complexity index is 908. The first-order valence-electron chi connectivity index (χ1n) is 9.47. The Morgan fingerprint density at radius 2 is 1.68 bits per heavy atom. The molecule has 0 saturated heterocycles. The van der Waals surface area contributed by atoms with Crippen LogP contribution in [-0.4, -0.2) is 46.5 Å². The first-order chi connectivity index (χ1) is 12.9. The Labute approximate surface area is 167 Å². The van der Waals surface area contributed by atoms with Crippen LogP contribution in [0, 0.1) is 18.3 Å². The monoisotopic (exact) mass is 432 g/mol. The lowest BCUT2D eigenvalue weighted by atomic mass is 9.57. The predicted molar refractivity (Wildman–Crippen MR) is 104 cm³/mol. The van der Waals surface area contributed by atoms with E-state index >= 15 is 0 Å². The molecule has 3 rings (SSSR count). The molecule has 0 aliphatic heterocycles. The normalized spacial score (nSPS) is 34.0. The maximum atomic E-state index is 12.8. The number of benzene rings is 1. The molecule has 9 heteroatoms. The van der Waals surface area contributed by atoms with Crippen molar-refractivity contribution in [2.75, 3.05) is 6.26 Å². The Morgan fingerprint density at radius 1 is 1.04 bits per heavy atom. The molecule has 0 heterocycles. The summed E-state index contributed by atoms with van der Waals surface area (Å²) in [5.74, 6) is -0.292. The summed E-state index contributed by atoms with van der Waals surface area (Å²) in [6.07, 6.45) is 1.46. The van der Waals surface area contributed by atoms with Gasteiger partial charge >= 0.3 is 0 Å². The van der Waals surface area contributed by atoms with Gasteiger partial charge in [-0.3, -0.25) is 8.37 Å². The standard InChI is InChI=1S/C19H28O7S2/c1-13-4-6-15(7-5-13)28(23,24)26-18-9-8-17(20)16-12-14(25-27(3,21)22)10-11-19(16,18)2/h4-7,14,16-18,20H,8-12H2,1-3H3/t14?,16-,17?,18+,19+/m1/s1. The van der Waals surface area contributed by atoms with Crippen molar-refractivity contribution >= 4 is 20.2 Å². The quantitative estimate of drug-likeness (QED) is 0.712. The van der Waals surface area contributed by atoms with E-state index in [-0.39, 0.29) is 10.8 Å². The summed E-state index contributed by atoms with van der Waals surface area (Å²) in [5.41, 5.74) is 0.378. The van der Waals surface area contributed by atoms with Gasteiger partial charge in [-0.1, -0.05) is 24.6 Å².